The molecule has 0 amide bonds. The molecule has 0 unspecified atom stereocenters. The molecule has 0 aromatic heterocycles. The van der Waals surface area contributed by atoms with Crippen LogP contribution in [0.5, 0.6) is 23.0 Å². The first kappa shape index (κ1) is 51.3. The molecule has 0 aliphatic heterocycles. The van der Waals surface area contributed by atoms with Crippen LogP contribution in [0.4, 0.5) is 0 Å². The van der Waals surface area contributed by atoms with E-state index >= 15 is 0 Å². The number of carboxylic acid groups (broad SMARTS) is 3. The summed E-state index contributed by atoms with van der Waals surface area (Å²) in [6.45, 7) is 8.76. The van der Waals surface area contributed by atoms with Crippen molar-refractivity contribution in [3.05, 3.63) is 73.8 Å². The summed E-state index contributed by atoms with van der Waals surface area (Å²) in [6, 6.07) is 13.6. The summed E-state index contributed by atoms with van der Waals surface area (Å²) in [4.78, 5) is 65.9. The first-order valence-corrected chi connectivity index (χ1v) is 21.0. The van der Waals surface area contributed by atoms with Crippen molar-refractivity contribution in [2.75, 3.05) is 26.4 Å². The number of carbonyl (C=O) groups is 6. The van der Waals surface area contributed by atoms with E-state index < -0.39 is 23.9 Å². The standard InChI is InChI=1S/C23H30O7.C15H20O4.C8H12O4/c1-2-21(24)29-16-6-4-3-5-15-28-19-11-13-20(14-12-19)30-23(27)18-9-7-17(8-10-18)22(25)26;1-2-15(17)19-12-6-4-3-5-11-18-14-9-7-13(16)8-10-14;9-7(10)5-1-2-6(4-3-5)8(11)12/h2,11-14,17-18H,1,3-10,15-16H2,(H,25,26);2,7-10,16H,1,3-6,11-12H2;5-6H,1-4H2,(H,9,10)(H,11,12). The first-order chi connectivity index (χ1) is 29.3. The van der Waals surface area contributed by atoms with Gasteiger partial charge in [0.05, 0.1) is 50.1 Å². The second-order valence-electron chi connectivity index (χ2n) is 14.8. The van der Waals surface area contributed by atoms with Crippen LogP contribution in [0.3, 0.4) is 0 Å². The Balaban J connectivity index is 0.000000351. The summed E-state index contributed by atoms with van der Waals surface area (Å²) < 4.78 is 26.4. The summed E-state index contributed by atoms with van der Waals surface area (Å²) in [5.41, 5.74) is 0. The van der Waals surface area contributed by atoms with E-state index in [1.165, 1.54) is 6.08 Å². The maximum absolute atomic E-state index is 12.3. The predicted molar refractivity (Wildman–Crippen MR) is 224 cm³/mol. The number of esters is 3. The quantitative estimate of drug-likeness (QED) is 0.0357. The van der Waals surface area contributed by atoms with Crippen LogP contribution in [0.15, 0.2) is 73.8 Å². The molecule has 0 heterocycles. The fourth-order valence-corrected chi connectivity index (χ4v) is 6.47. The van der Waals surface area contributed by atoms with E-state index in [4.69, 9.17) is 44.1 Å². The lowest BCUT2D eigenvalue weighted by Crippen LogP contribution is -2.28. The second kappa shape index (κ2) is 30.2. The van der Waals surface area contributed by atoms with Gasteiger partial charge in [0.1, 0.15) is 23.0 Å². The molecule has 15 heteroatoms. The maximum atomic E-state index is 12.3. The van der Waals surface area contributed by atoms with E-state index in [2.05, 4.69) is 13.2 Å². The molecule has 2 saturated carbocycles. The minimum atomic E-state index is -0.793. The highest BCUT2D eigenvalue weighted by Gasteiger charge is 2.31. The van der Waals surface area contributed by atoms with Crippen molar-refractivity contribution in [1.82, 2.24) is 0 Å². The van der Waals surface area contributed by atoms with Crippen molar-refractivity contribution in [2.45, 2.75) is 103 Å². The Morgan fingerprint density at radius 2 is 0.787 bits per heavy atom. The number of unbranched alkanes of at least 4 members (excludes halogenated alkanes) is 6. The fourth-order valence-electron chi connectivity index (χ4n) is 6.47. The summed E-state index contributed by atoms with van der Waals surface area (Å²) in [5.74, 6) is -2.49. The van der Waals surface area contributed by atoms with E-state index in [1.54, 1.807) is 48.5 Å². The molecular weight excluding hydrogens is 792 g/mol. The molecule has 4 N–H and O–H groups in total. The van der Waals surface area contributed by atoms with E-state index in [9.17, 15) is 28.8 Å². The van der Waals surface area contributed by atoms with E-state index in [-0.39, 0.29) is 41.4 Å². The highest BCUT2D eigenvalue weighted by atomic mass is 16.5. The van der Waals surface area contributed by atoms with E-state index in [0.717, 1.165) is 63.2 Å². The topological polar surface area (TPSA) is 229 Å². The Kier molecular flexibility index (Phi) is 25.4. The van der Waals surface area contributed by atoms with Crippen molar-refractivity contribution in [2.24, 2.45) is 23.7 Å². The number of hydrogen-bond acceptors (Lipinski definition) is 12. The van der Waals surface area contributed by atoms with Gasteiger partial charge in [0.25, 0.3) is 0 Å². The van der Waals surface area contributed by atoms with Gasteiger partial charge < -0.3 is 44.1 Å². The average Bonchev–Trinajstić information content (AvgIpc) is 3.26. The zero-order valence-electron chi connectivity index (χ0n) is 34.9. The maximum Gasteiger partial charge on any atom is 0.330 e. The SMILES string of the molecule is C=CC(=O)OCCCCCCOc1ccc(O)cc1.C=CC(=O)OCCCCCCOc1ccc(OC(=O)C2CCC(C(=O)O)CC2)cc1.O=C(O)C1CCC(C(=O)O)CC1. The van der Waals surface area contributed by atoms with Crippen LogP contribution in [-0.2, 0) is 38.2 Å². The monoisotopic (exact) mass is 854 g/mol. The number of phenolic OH excluding ortho intramolecular Hbond substituents is 1. The van der Waals surface area contributed by atoms with Gasteiger partial charge in [-0.05, 0) is 151 Å². The third-order valence-electron chi connectivity index (χ3n) is 10.2. The number of benzene rings is 2. The largest absolute Gasteiger partial charge is 0.508 e. The number of carboxylic acids is 3. The molecule has 0 saturated heterocycles. The van der Waals surface area contributed by atoms with Gasteiger partial charge in [0, 0.05) is 12.2 Å². The molecule has 0 bridgehead atoms. The van der Waals surface area contributed by atoms with Gasteiger partial charge >= 0.3 is 35.8 Å². The normalized spacial score (nSPS) is 17.9. The first-order valence-electron chi connectivity index (χ1n) is 21.0. The van der Waals surface area contributed by atoms with Gasteiger partial charge in [-0.1, -0.05) is 13.2 Å². The molecule has 15 nitrogen and oxygen atoms in total. The number of carbonyl (C=O) groups excluding carboxylic acids is 3. The van der Waals surface area contributed by atoms with Crippen LogP contribution in [0, 0.1) is 23.7 Å². The third-order valence-corrected chi connectivity index (χ3v) is 10.2. The molecule has 2 aromatic carbocycles. The number of phenols is 1. The summed E-state index contributed by atoms with van der Waals surface area (Å²) in [6.07, 6.45) is 14.0. The van der Waals surface area contributed by atoms with Crippen molar-refractivity contribution < 1.29 is 72.9 Å². The van der Waals surface area contributed by atoms with Gasteiger partial charge in [-0.25, -0.2) is 9.59 Å². The Morgan fingerprint density at radius 1 is 0.475 bits per heavy atom. The lowest BCUT2D eigenvalue weighted by atomic mass is 9.82. The van der Waals surface area contributed by atoms with Crippen LogP contribution in [-0.4, -0.2) is 82.7 Å². The molecule has 0 atom stereocenters. The highest BCUT2D eigenvalue weighted by molar-refractivity contribution is 5.81. The molecule has 0 spiro atoms. The van der Waals surface area contributed by atoms with Gasteiger partial charge in [-0.2, -0.15) is 0 Å². The zero-order valence-corrected chi connectivity index (χ0v) is 34.9. The van der Waals surface area contributed by atoms with Crippen molar-refractivity contribution in [1.29, 1.82) is 0 Å². The van der Waals surface area contributed by atoms with Crippen molar-refractivity contribution in [3.8, 4) is 23.0 Å². The molecule has 4 rings (SSSR count). The zero-order chi connectivity index (χ0) is 44.8. The molecule has 0 radical (unpaired) electrons. The molecular formula is C46H62O15. The lowest BCUT2D eigenvalue weighted by molar-refractivity contribution is -0.148. The Labute approximate surface area is 357 Å². The number of aromatic hydroxyl groups is 1. The van der Waals surface area contributed by atoms with Gasteiger partial charge in [0.2, 0.25) is 0 Å². The van der Waals surface area contributed by atoms with Crippen LogP contribution < -0.4 is 14.2 Å². The minimum Gasteiger partial charge on any atom is -0.508 e. The van der Waals surface area contributed by atoms with Gasteiger partial charge in [-0.3, -0.25) is 19.2 Å². The number of hydrogen-bond donors (Lipinski definition) is 4. The summed E-state index contributed by atoms with van der Waals surface area (Å²) in [7, 11) is 0. The van der Waals surface area contributed by atoms with Crippen LogP contribution in [0.1, 0.15) is 103 Å². The predicted octanol–water partition coefficient (Wildman–Crippen LogP) is 8.17. The molecule has 2 fully saturated rings. The van der Waals surface area contributed by atoms with E-state index in [0.29, 0.717) is 89.3 Å². The lowest BCUT2D eigenvalue weighted by Gasteiger charge is -2.24. The number of rotatable bonds is 23. The minimum absolute atomic E-state index is 0.237. The summed E-state index contributed by atoms with van der Waals surface area (Å²) in [5, 5.41) is 35.4. The molecule has 61 heavy (non-hydrogen) atoms. The third kappa shape index (κ3) is 22.9. The summed E-state index contributed by atoms with van der Waals surface area (Å²) >= 11 is 0. The van der Waals surface area contributed by atoms with Crippen molar-refractivity contribution >= 4 is 35.8 Å². The second-order valence-corrected chi connectivity index (χ2v) is 14.8. The van der Waals surface area contributed by atoms with E-state index in [1.807, 2.05) is 0 Å². The molecule has 2 aromatic rings. The molecule has 2 aliphatic carbocycles. The smallest absolute Gasteiger partial charge is 0.330 e. The Hall–Kier alpha value is -5.86. The highest BCUT2D eigenvalue weighted by Crippen LogP contribution is 2.31. The van der Waals surface area contributed by atoms with Crippen LogP contribution in [0.2, 0.25) is 0 Å². The number of ether oxygens (including phenoxy) is 5. The Morgan fingerprint density at radius 3 is 1.13 bits per heavy atom. The fraction of sp³-hybridized carbons (Fsp3) is 0.522. The van der Waals surface area contributed by atoms with Crippen molar-refractivity contribution in [3.63, 3.8) is 0 Å². The van der Waals surface area contributed by atoms with Crippen LogP contribution >= 0.6 is 0 Å². The average molecular weight is 855 g/mol. The van der Waals surface area contributed by atoms with Crippen LogP contribution in [0.25, 0.3) is 0 Å². The number of aliphatic carboxylic acids is 3. The van der Waals surface area contributed by atoms with Gasteiger partial charge in [-0.15, -0.1) is 0 Å². The van der Waals surface area contributed by atoms with Gasteiger partial charge in [0.15, 0.2) is 0 Å². The molecule has 2 aliphatic rings. The molecule has 336 valence electrons. The Bertz CT molecular complexity index is 1620.